The Morgan fingerprint density at radius 3 is 2.64 bits per heavy atom. The number of methoxy groups -OCH3 is 1. The third kappa shape index (κ3) is 5.85. The Morgan fingerprint density at radius 1 is 1.16 bits per heavy atom. The molecule has 0 unspecified atom stereocenters. The molecule has 1 aromatic carbocycles. The van der Waals surface area contributed by atoms with Gasteiger partial charge in [-0.1, -0.05) is 6.07 Å². The Bertz CT molecular complexity index is 764. The summed E-state index contributed by atoms with van der Waals surface area (Å²) in [7, 11) is 1.57. The number of hydrogen-bond donors (Lipinski definition) is 3. The molecule has 0 saturated heterocycles. The molecule has 0 atom stereocenters. The van der Waals surface area contributed by atoms with E-state index in [1.54, 1.807) is 38.3 Å². The van der Waals surface area contributed by atoms with Crippen LogP contribution in [0.15, 0.2) is 30.3 Å². The molecular formula is C17H21N5O3. The summed E-state index contributed by atoms with van der Waals surface area (Å²) in [6.45, 7) is 4.06. The van der Waals surface area contributed by atoms with Crippen molar-refractivity contribution in [2.24, 2.45) is 0 Å². The third-order valence-electron chi connectivity index (χ3n) is 3.12. The Kier molecular flexibility index (Phi) is 6.41. The monoisotopic (exact) mass is 343 g/mol. The second kappa shape index (κ2) is 8.74. The summed E-state index contributed by atoms with van der Waals surface area (Å²) in [5.41, 5.74) is 2.28. The Hall–Kier alpha value is -3.00. The molecule has 0 spiro atoms. The Morgan fingerprint density at radius 2 is 1.92 bits per heavy atom. The quantitative estimate of drug-likeness (QED) is 0.663. The van der Waals surface area contributed by atoms with Crippen LogP contribution in [0.3, 0.4) is 0 Å². The number of aryl methyl sites for hydroxylation is 1. The summed E-state index contributed by atoms with van der Waals surface area (Å²) in [4.78, 5) is 31.8. The van der Waals surface area contributed by atoms with Gasteiger partial charge in [0, 0.05) is 37.6 Å². The summed E-state index contributed by atoms with van der Waals surface area (Å²) < 4.78 is 4.90. The predicted molar refractivity (Wildman–Crippen MR) is 95.0 cm³/mol. The SMILES string of the molecule is COCCNC(=O)c1cc(C)nc(Nc2cccc(NC(C)=O)c2)n1. The highest BCUT2D eigenvalue weighted by Gasteiger charge is 2.10. The maximum absolute atomic E-state index is 12.1. The lowest BCUT2D eigenvalue weighted by molar-refractivity contribution is -0.114. The van der Waals surface area contributed by atoms with Crippen LogP contribution in [-0.2, 0) is 9.53 Å². The van der Waals surface area contributed by atoms with E-state index in [0.717, 1.165) is 0 Å². The molecule has 1 heterocycles. The van der Waals surface area contributed by atoms with Crippen molar-refractivity contribution in [1.82, 2.24) is 15.3 Å². The van der Waals surface area contributed by atoms with E-state index in [1.165, 1.54) is 6.92 Å². The second-order valence-corrected chi connectivity index (χ2v) is 5.35. The minimum absolute atomic E-state index is 0.154. The molecule has 25 heavy (non-hydrogen) atoms. The highest BCUT2D eigenvalue weighted by atomic mass is 16.5. The van der Waals surface area contributed by atoms with Gasteiger partial charge in [0.25, 0.3) is 5.91 Å². The van der Waals surface area contributed by atoms with Crippen LogP contribution in [-0.4, -0.2) is 42.0 Å². The topological polar surface area (TPSA) is 105 Å². The minimum atomic E-state index is -0.294. The normalized spacial score (nSPS) is 10.2. The molecule has 0 fully saturated rings. The van der Waals surface area contributed by atoms with Crippen molar-refractivity contribution in [2.45, 2.75) is 13.8 Å². The molecule has 0 radical (unpaired) electrons. The fraction of sp³-hybridized carbons (Fsp3) is 0.294. The van der Waals surface area contributed by atoms with E-state index < -0.39 is 0 Å². The van der Waals surface area contributed by atoms with Gasteiger partial charge >= 0.3 is 0 Å². The van der Waals surface area contributed by atoms with E-state index in [4.69, 9.17) is 4.74 Å². The van der Waals surface area contributed by atoms with E-state index in [2.05, 4.69) is 25.9 Å². The number of anilines is 3. The minimum Gasteiger partial charge on any atom is -0.383 e. The number of carbonyl (C=O) groups is 2. The van der Waals surface area contributed by atoms with Crippen LogP contribution in [0.5, 0.6) is 0 Å². The summed E-state index contributed by atoms with van der Waals surface area (Å²) in [6.07, 6.45) is 0. The van der Waals surface area contributed by atoms with E-state index in [0.29, 0.717) is 36.2 Å². The zero-order chi connectivity index (χ0) is 18.2. The predicted octanol–water partition coefficient (Wildman–Crippen LogP) is 1.86. The van der Waals surface area contributed by atoms with Gasteiger partial charge in [-0.05, 0) is 31.2 Å². The first-order valence-corrected chi connectivity index (χ1v) is 7.75. The van der Waals surface area contributed by atoms with Crippen molar-refractivity contribution in [2.75, 3.05) is 30.9 Å². The number of nitrogens with one attached hydrogen (secondary N) is 3. The number of carbonyl (C=O) groups excluding carboxylic acids is 2. The number of hydrogen-bond acceptors (Lipinski definition) is 6. The molecule has 2 rings (SSSR count). The van der Waals surface area contributed by atoms with E-state index >= 15 is 0 Å². The molecular weight excluding hydrogens is 322 g/mol. The molecule has 2 amide bonds. The standard InChI is InChI=1S/C17H21N5O3/c1-11-9-15(16(24)18-7-8-25-3)22-17(19-11)21-14-6-4-5-13(10-14)20-12(2)23/h4-6,9-10H,7-8H2,1-3H3,(H,18,24)(H,20,23)(H,19,21,22). The Balaban J connectivity index is 2.14. The van der Waals surface area contributed by atoms with E-state index in [9.17, 15) is 9.59 Å². The molecule has 1 aromatic heterocycles. The molecule has 0 saturated carbocycles. The van der Waals surface area contributed by atoms with Gasteiger partial charge < -0.3 is 20.7 Å². The second-order valence-electron chi connectivity index (χ2n) is 5.35. The number of benzene rings is 1. The molecule has 0 bridgehead atoms. The van der Waals surface area contributed by atoms with Crippen molar-refractivity contribution in [3.63, 3.8) is 0 Å². The van der Waals surface area contributed by atoms with Crippen LogP contribution in [0, 0.1) is 6.92 Å². The maximum atomic E-state index is 12.1. The van der Waals surface area contributed by atoms with Crippen LogP contribution in [0.25, 0.3) is 0 Å². The van der Waals surface area contributed by atoms with Crippen LogP contribution < -0.4 is 16.0 Å². The number of aromatic nitrogens is 2. The summed E-state index contributed by atoms with van der Waals surface area (Å²) in [5.74, 6) is -0.145. The third-order valence-corrected chi connectivity index (χ3v) is 3.12. The molecule has 2 aromatic rings. The molecule has 3 N–H and O–H groups in total. The van der Waals surface area contributed by atoms with Crippen molar-refractivity contribution in [3.05, 3.63) is 41.7 Å². The molecule has 0 aliphatic carbocycles. The zero-order valence-corrected chi connectivity index (χ0v) is 14.4. The zero-order valence-electron chi connectivity index (χ0n) is 14.4. The first-order valence-electron chi connectivity index (χ1n) is 7.75. The van der Waals surface area contributed by atoms with Gasteiger partial charge in [-0.3, -0.25) is 9.59 Å². The van der Waals surface area contributed by atoms with Gasteiger partial charge in [-0.15, -0.1) is 0 Å². The number of ether oxygens (including phenoxy) is 1. The van der Waals surface area contributed by atoms with Gasteiger partial charge in [0.15, 0.2) is 0 Å². The summed E-state index contributed by atoms with van der Waals surface area (Å²) >= 11 is 0. The molecule has 0 aliphatic heterocycles. The van der Waals surface area contributed by atoms with E-state index in [1.807, 2.05) is 6.07 Å². The van der Waals surface area contributed by atoms with Gasteiger partial charge in [-0.25, -0.2) is 9.97 Å². The fourth-order valence-electron chi connectivity index (χ4n) is 2.11. The largest absolute Gasteiger partial charge is 0.383 e. The van der Waals surface area contributed by atoms with E-state index in [-0.39, 0.29) is 17.5 Å². The lowest BCUT2D eigenvalue weighted by atomic mass is 10.2. The number of rotatable bonds is 7. The van der Waals surface area contributed by atoms with Gasteiger partial charge in [0.1, 0.15) is 5.69 Å². The van der Waals surface area contributed by atoms with Crippen LogP contribution in [0.1, 0.15) is 23.1 Å². The highest BCUT2D eigenvalue weighted by Crippen LogP contribution is 2.18. The van der Waals surface area contributed by atoms with Crippen molar-refractivity contribution in [1.29, 1.82) is 0 Å². The average molecular weight is 343 g/mol. The maximum Gasteiger partial charge on any atom is 0.270 e. The number of nitrogens with zero attached hydrogens (tertiary/aromatic N) is 2. The average Bonchev–Trinajstić information content (AvgIpc) is 2.54. The van der Waals surface area contributed by atoms with Crippen LogP contribution in [0.4, 0.5) is 17.3 Å². The van der Waals surface area contributed by atoms with Crippen LogP contribution >= 0.6 is 0 Å². The smallest absolute Gasteiger partial charge is 0.270 e. The first kappa shape index (κ1) is 18.3. The molecule has 8 heteroatoms. The summed E-state index contributed by atoms with van der Waals surface area (Å²) in [6, 6.07) is 8.75. The fourth-order valence-corrected chi connectivity index (χ4v) is 2.11. The molecule has 0 aliphatic rings. The molecule has 132 valence electrons. The summed E-state index contributed by atoms with van der Waals surface area (Å²) in [5, 5.41) is 8.47. The lowest BCUT2D eigenvalue weighted by Crippen LogP contribution is -2.28. The molecule has 8 nitrogen and oxygen atoms in total. The first-order chi connectivity index (χ1) is 12.0. The van der Waals surface area contributed by atoms with Crippen LogP contribution in [0.2, 0.25) is 0 Å². The van der Waals surface area contributed by atoms with Crippen molar-refractivity contribution >= 4 is 29.1 Å². The number of amides is 2. The van der Waals surface area contributed by atoms with Crippen molar-refractivity contribution in [3.8, 4) is 0 Å². The van der Waals surface area contributed by atoms with Gasteiger partial charge in [-0.2, -0.15) is 0 Å². The van der Waals surface area contributed by atoms with Gasteiger partial charge in [0.2, 0.25) is 11.9 Å². The highest BCUT2D eigenvalue weighted by molar-refractivity contribution is 5.92. The lowest BCUT2D eigenvalue weighted by Gasteiger charge is -2.10. The van der Waals surface area contributed by atoms with Gasteiger partial charge in [0.05, 0.1) is 6.61 Å². The van der Waals surface area contributed by atoms with Crippen molar-refractivity contribution < 1.29 is 14.3 Å². The Labute approximate surface area is 146 Å².